The van der Waals surface area contributed by atoms with Crippen molar-refractivity contribution in [1.29, 1.82) is 0 Å². The number of likely N-dealkylation sites (tertiary alicyclic amines) is 1. The van der Waals surface area contributed by atoms with Crippen LogP contribution in [0.4, 0.5) is 4.79 Å². The normalized spacial score (nSPS) is 20.5. The number of primary amides is 1. The zero-order chi connectivity index (χ0) is 13.1. The topological polar surface area (TPSA) is 72.6 Å². The molecule has 5 nitrogen and oxygen atoms in total. The first-order valence-corrected chi connectivity index (χ1v) is 5.95. The van der Waals surface area contributed by atoms with Crippen molar-refractivity contribution in [3.63, 3.8) is 0 Å². The number of carbonyl (C=O) groups is 2. The molecule has 0 radical (unpaired) electrons. The van der Waals surface area contributed by atoms with E-state index in [1.54, 1.807) is 0 Å². The highest BCUT2D eigenvalue weighted by molar-refractivity contribution is 5.68. The van der Waals surface area contributed by atoms with Gasteiger partial charge in [0.15, 0.2) is 0 Å². The van der Waals surface area contributed by atoms with Gasteiger partial charge in [-0.3, -0.25) is 4.79 Å². The highest BCUT2D eigenvalue weighted by Crippen LogP contribution is 2.52. The van der Waals surface area contributed by atoms with Crippen molar-refractivity contribution in [2.24, 2.45) is 11.1 Å². The van der Waals surface area contributed by atoms with Crippen LogP contribution in [-0.4, -0.2) is 36.1 Å². The fourth-order valence-corrected chi connectivity index (χ4v) is 2.00. The van der Waals surface area contributed by atoms with E-state index < -0.39 is 0 Å². The maximum Gasteiger partial charge on any atom is 0.410 e. The number of nitrogens with zero attached hydrogens (tertiary/aromatic N) is 1. The summed E-state index contributed by atoms with van der Waals surface area (Å²) in [5, 5.41) is 0. The van der Waals surface area contributed by atoms with Crippen LogP contribution in [0.3, 0.4) is 0 Å². The maximum absolute atomic E-state index is 11.7. The Morgan fingerprint density at radius 1 is 1.35 bits per heavy atom. The molecule has 1 aliphatic heterocycles. The summed E-state index contributed by atoms with van der Waals surface area (Å²) in [7, 11) is 0. The molecule has 0 unspecified atom stereocenters. The van der Waals surface area contributed by atoms with E-state index in [1.165, 1.54) is 19.3 Å². The van der Waals surface area contributed by atoms with E-state index in [0.29, 0.717) is 5.41 Å². The van der Waals surface area contributed by atoms with E-state index in [0.717, 1.165) is 13.1 Å². The first kappa shape index (κ1) is 13.8. The predicted molar refractivity (Wildman–Crippen MR) is 64.3 cm³/mol. The number of amides is 2. The Bertz CT molecular complexity index is 293. The van der Waals surface area contributed by atoms with Gasteiger partial charge in [0, 0.05) is 13.1 Å². The third kappa shape index (κ3) is 4.24. The van der Waals surface area contributed by atoms with E-state index in [2.05, 4.69) is 5.73 Å². The summed E-state index contributed by atoms with van der Waals surface area (Å²) >= 11 is 0. The lowest BCUT2D eigenvalue weighted by molar-refractivity contribution is -0.106. The maximum atomic E-state index is 11.7. The molecule has 5 heteroatoms. The van der Waals surface area contributed by atoms with Gasteiger partial charge < -0.3 is 15.4 Å². The van der Waals surface area contributed by atoms with Gasteiger partial charge in [0.05, 0.1) is 0 Å². The van der Waals surface area contributed by atoms with Crippen LogP contribution in [0.2, 0.25) is 0 Å². The third-order valence-corrected chi connectivity index (χ3v) is 3.05. The third-order valence-electron chi connectivity index (χ3n) is 3.05. The van der Waals surface area contributed by atoms with Gasteiger partial charge in [-0.2, -0.15) is 0 Å². The molecule has 2 N–H and O–H groups in total. The Kier molecular flexibility index (Phi) is 4.01. The summed E-state index contributed by atoms with van der Waals surface area (Å²) in [6.07, 6.45) is 3.88. The van der Waals surface area contributed by atoms with Gasteiger partial charge in [-0.25, -0.2) is 4.79 Å². The van der Waals surface area contributed by atoms with Crippen LogP contribution in [0, 0.1) is 5.41 Å². The summed E-state index contributed by atoms with van der Waals surface area (Å²) in [6, 6.07) is 0. The molecule has 98 valence electrons. The summed E-state index contributed by atoms with van der Waals surface area (Å²) in [5.74, 6) is 0. The number of carbonyl (C=O) groups excluding carboxylic acids is 2. The Morgan fingerprint density at radius 3 is 2.24 bits per heavy atom. The fraction of sp³-hybridized carbons (Fsp3) is 0.833. The van der Waals surface area contributed by atoms with E-state index in [-0.39, 0.29) is 18.1 Å². The predicted octanol–water partition coefficient (Wildman–Crippen LogP) is 1.51. The smallest absolute Gasteiger partial charge is 0.410 e. The number of hydrogen-bond acceptors (Lipinski definition) is 3. The largest absolute Gasteiger partial charge is 0.444 e. The molecule has 1 heterocycles. The van der Waals surface area contributed by atoms with Crippen LogP contribution < -0.4 is 5.73 Å². The number of nitrogens with two attached hydrogens (primary N) is 1. The van der Waals surface area contributed by atoms with E-state index in [4.69, 9.17) is 9.53 Å². The van der Waals surface area contributed by atoms with Crippen molar-refractivity contribution in [3.8, 4) is 0 Å². The minimum atomic E-state index is -0.365. The molecule has 0 bridgehead atoms. The molecular formula is C12H22N2O3. The quantitative estimate of drug-likeness (QED) is 0.654. The minimum absolute atomic E-state index is 0.138. The first-order valence-electron chi connectivity index (χ1n) is 5.95. The average molecular weight is 242 g/mol. The molecule has 1 saturated carbocycles. The second kappa shape index (κ2) is 4.94. The Balaban J connectivity index is 0.000000437. The van der Waals surface area contributed by atoms with Gasteiger partial charge >= 0.3 is 6.09 Å². The van der Waals surface area contributed by atoms with Crippen LogP contribution >= 0.6 is 0 Å². The van der Waals surface area contributed by atoms with Crippen LogP contribution in [0.5, 0.6) is 0 Å². The Hall–Kier alpha value is -1.26. The highest BCUT2D eigenvalue weighted by atomic mass is 16.6. The fourth-order valence-electron chi connectivity index (χ4n) is 2.00. The van der Waals surface area contributed by atoms with Crippen molar-refractivity contribution in [3.05, 3.63) is 0 Å². The van der Waals surface area contributed by atoms with Crippen LogP contribution in [0.25, 0.3) is 0 Å². The van der Waals surface area contributed by atoms with Crippen molar-refractivity contribution >= 4 is 12.5 Å². The number of ether oxygens (including phenoxy) is 1. The zero-order valence-corrected chi connectivity index (χ0v) is 10.9. The lowest BCUT2D eigenvalue weighted by atomic mass is 10.1. The molecule has 2 amide bonds. The molecule has 1 spiro atoms. The van der Waals surface area contributed by atoms with Crippen molar-refractivity contribution in [2.75, 3.05) is 13.1 Å². The Labute approximate surface area is 102 Å². The van der Waals surface area contributed by atoms with Gasteiger partial charge in [-0.15, -0.1) is 0 Å². The van der Waals surface area contributed by atoms with Gasteiger partial charge in [-0.1, -0.05) is 0 Å². The second-order valence-electron chi connectivity index (χ2n) is 5.79. The second-order valence-corrected chi connectivity index (χ2v) is 5.79. The zero-order valence-electron chi connectivity index (χ0n) is 10.9. The molecule has 0 aromatic rings. The van der Waals surface area contributed by atoms with Crippen LogP contribution in [0.1, 0.15) is 40.0 Å². The molecule has 1 saturated heterocycles. The summed E-state index contributed by atoms with van der Waals surface area (Å²) in [6.45, 7) is 7.53. The molecular weight excluding hydrogens is 220 g/mol. The van der Waals surface area contributed by atoms with Gasteiger partial charge in [0.25, 0.3) is 0 Å². The summed E-state index contributed by atoms with van der Waals surface area (Å²) in [4.78, 5) is 22.1. The van der Waals surface area contributed by atoms with Gasteiger partial charge in [-0.05, 0) is 45.4 Å². The Morgan fingerprint density at radius 2 is 1.88 bits per heavy atom. The van der Waals surface area contributed by atoms with Crippen molar-refractivity contribution < 1.29 is 14.3 Å². The molecule has 0 atom stereocenters. The van der Waals surface area contributed by atoms with Crippen LogP contribution in [0.15, 0.2) is 0 Å². The first-order chi connectivity index (χ1) is 7.82. The molecule has 2 aliphatic rings. The lowest BCUT2D eigenvalue weighted by Gasteiger charge is -2.24. The molecule has 1 aliphatic carbocycles. The van der Waals surface area contributed by atoms with E-state index in [9.17, 15) is 4.79 Å². The van der Waals surface area contributed by atoms with Crippen molar-refractivity contribution in [1.82, 2.24) is 4.90 Å². The van der Waals surface area contributed by atoms with Gasteiger partial charge in [0.2, 0.25) is 6.41 Å². The number of rotatable bonds is 0. The monoisotopic (exact) mass is 242 g/mol. The molecule has 2 fully saturated rings. The summed E-state index contributed by atoms with van der Waals surface area (Å²) in [5.41, 5.74) is 4.30. The van der Waals surface area contributed by atoms with Gasteiger partial charge in [0.1, 0.15) is 5.60 Å². The SMILES string of the molecule is CC(C)(C)OC(=O)N1CCC2(CC2)C1.NC=O. The van der Waals surface area contributed by atoms with E-state index >= 15 is 0 Å². The molecule has 17 heavy (non-hydrogen) atoms. The average Bonchev–Trinajstić information content (AvgIpc) is 2.74. The molecule has 2 rings (SSSR count). The van der Waals surface area contributed by atoms with Crippen molar-refractivity contribution in [2.45, 2.75) is 45.6 Å². The standard InChI is InChI=1S/C11H19NO2.CH3NO/c1-10(2,3)14-9(13)12-7-6-11(8-12)4-5-11;2-1-3/h4-8H2,1-3H3;1H,(H2,2,3). The van der Waals surface area contributed by atoms with E-state index in [1.807, 2.05) is 25.7 Å². The molecule has 0 aromatic carbocycles. The lowest BCUT2D eigenvalue weighted by Crippen LogP contribution is -2.35. The minimum Gasteiger partial charge on any atom is -0.444 e. The molecule has 0 aromatic heterocycles. The highest BCUT2D eigenvalue weighted by Gasteiger charge is 2.49. The van der Waals surface area contributed by atoms with Crippen LogP contribution in [-0.2, 0) is 9.53 Å². The number of hydrogen-bond donors (Lipinski definition) is 1. The summed E-state index contributed by atoms with van der Waals surface area (Å²) < 4.78 is 5.33.